The van der Waals surface area contributed by atoms with E-state index in [-0.39, 0.29) is 0 Å². The first kappa shape index (κ1) is 17.1. The summed E-state index contributed by atoms with van der Waals surface area (Å²) in [5.41, 5.74) is 1.39. The van der Waals surface area contributed by atoms with Gasteiger partial charge >= 0.3 is 149 Å². The summed E-state index contributed by atoms with van der Waals surface area (Å²) in [6, 6.07) is 19.5. The molecule has 0 unspecified atom stereocenters. The molecule has 0 N–H and O–H groups in total. The summed E-state index contributed by atoms with van der Waals surface area (Å²) in [5.74, 6) is 0. The maximum absolute atomic E-state index is 3.76. The van der Waals surface area contributed by atoms with Gasteiger partial charge < -0.3 is 0 Å². The molecule has 0 heterocycles. The Hall–Kier alpha value is -0.301. The van der Waals surface area contributed by atoms with E-state index in [1.165, 1.54) is 36.0 Å². The van der Waals surface area contributed by atoms with Gasteiger partial charge in [0.1, 0.15) is 0 Å². The minimum absolute atomic E-state index is 0.352. The van der Waals surface area contributed by atoms with Crippen LogP contribution in [0.3, 0.4) is 0 Å². The first-order valence-corrected chi connectivity index (χ1v) is 11.7. The number of hydrogen-bond acceptors (Lipinski definition) is 0. The summed E-state index contributed by atoms with van der Waals surface area (Å²) in [4.78, 5) is 0. The molecule has 0 saturated carbocycles. The molecule has 110 valence electrons. The van der Waals surface area contributed by atoms with Crippen LogP contribution in [-0.2, 0) is 0 Å². The van der Waals surface area contributed by atoms with Crippen molar-refractivity contribution in [1.29, 1.82) is 0 Å². The zero-order chi connectivity index (χ0) is 14.9. The fraction of sp³-hybridized carbons (Fsp3) is 0.222. The van der Waals surface area contributed by atoms with Gasteiger partial charge in [0.05, 0.1) is 0 Å². The molecular weight excluding hydrogens is 454 g/mol. The Bertz CT molecular complexity index is 579. The molecule has 0 bridgehead atoms. The van der Waals surface area contributed by atoms with E-state index in [1.807, 2.05) is 0 Å². The van der Waals surface area contributed by atoms with Crippen molar-refractivity contribution in [2.45, 2.75) is 25.1 Å². The molecule has 0 aromatic heterocycles. The summed E-state index contributed by atoms with van der Waals surface area (Å²) >= 11 is 4.71. The Kier molecular flexibility index (Phi) is 7.85. The van der Waals surface area contributed by atoms with Crippen molar-refractivity contribution >= 4 is 60.8 Å². The fourth-order valence-corrected chi connectivity index (χ4v) is 6.86. The molecule has 0 saturated heterocycles. The Morgan fingerprint density at radius 2 is 1.76 bits per heavy atom. The average molecular weight is 473 g/mol. The summed E-state index contributed by atoms with van der Waals surface area (Å²) in [6.45, 7) is 2.26. The summed E-state index contributed by atoms with van der Waals surface area (Å²) in [6.07, 6.45) is 4.95. The van der Waals surface area contributed by atoms with Crippen LogP contribution in [0.4, 0.5) is 0 Å². The number of unbranched alkanes of at least 4 members (excludes halogenated alkanes) is 1. The molecule has 2 aromatic carbocycles. The predicted octanol–water partition coefficient (Wildman–Crippen LogP) is 3.96. The number of benzene rings is 2. The normalized spacial score (nSPS) is 11.6. The van der Waals surface area contributed by atoms with E-state index in [0.29, 0.717) is 29.9 Å². The summed E-state index contributed by atoms with van der Waals surface area (Å²) in [5, 5.41) is 1.34. The van der Waals surface area contributed by atoms with E-state index in [9.17, 15) is 0 Å². The van der Waals surface area contributed by atoms with Crippen molar-refractivity contribution in [3.05, 3.63) is 63.5 Å². The van der Waals surface area contributed by atoms with Gasteiger partial charge in [0, 0.05) is 0 Å². The molecule has 2 rings (SSSR count). The molecule has 0 aliphatic heterocycles. The van der Waals surface area contributed by atoms with Gasteiger partial charge in [0.25, 0.3) is 0 Å². The van der Waals surface area contributed by atoms with Gasteiger partial charge in [-0.2, -0.15) is 0 Å². The van der Waals surface area contributed by atoms with Gasteiger partial charge in [-0.05, 0) is 0 Å². The van der Waals surface area contributed by atoms with Crippen LogP contribution >= 0.6 is 15.9 Å². The quantitative estimate of drug-likeness (QED) is 0.422. The molecule has 0 aliphatic carbocycles. The number of hydrogen-bond donors (Lipinski definition) is 0. The average Bonchev–Trinajstić information content (AvgIpc) is 2.50. The van der Waals surface area contributed by atoms with Crippen molar-refractivity contribution in [3.8, 4) is 0 Å². The van der Waals surface area contributed by atoms with Crippen molar-refractivity contribution in [2.75, 3.05) is 0 Å². The van der Waals surface area contributed by atoms with Crippen LogP contribution in [0.2, 0.25) is 5.32 Å². The second kappa shape index (κ2) is 9.66. The van der Waals surface area contributed by atoms with E-state index in [0.717, 1.165) is 0 Å². The summed E-state index contributed by atoms with van der Waals surface area (Å²) in [7, 11) is 0. The predicted molar refractivity (Wildman–Crippen MR) is 100 cm³/mol. The molecule has 0 aliphatic rings. The van der Waals surface area contributed by atoms with Crippen LogP contribution in [0.1, 0.15) is 25.3 Å². The number of rotatable bonds is 7. The molecular formula is C18H19BrSe2. The minimum atomic E-state index is 0.352. The van der Waals surface area contributed by atoms with Crippen LogP contribution < -0.4 is 8.92 Å². The van der Waals surface area contributed by atoms with E-state index >= 15 is 0 Å². The topological polar surface area (TPSA) is 0 Å². The molecule has 3 heteroatoms. The van der Waals surface area contributed by atoms with Crippen molar-refractivity contribution < 1.29 is 0 Å². The molecule has 0 nitrogen and oxygen atoms in total. The van der Waals surface area contributed by atoms with Crippen LogP contribution in [0.25, 0.3) is 6.08 Å². The van der Waals surface area contributed by atoms with E-state index in [1.54, 1.807) is 0 Å². The SMILES string of the molecule is CCCC[Se]c1ccccc1/C=C(/Br)[Se]c1ccccc1. The zero-order valence-corrected chi connectivity index (χ0v) is 17.1. The van der Waals surface area contributed by atoms with Crippen molar-refractivity contribution in [1.82, 2.24) is 0 Å². The molecule has 0 atom stereocenters. The van der Waals surface area contributed by atoms with E-state index < -0.39 is 0 Å². The Labute approximate surface area is 148 Å². The molecule has 0 fully saturated rings. The number of halogens is 1. The molecule has 0 radical (unpaired) electrons. The third-order valence-electron chi connectivity index (χ3n) is 2.90. The maximum atomic E-state index is 3.76. The van der Waals surface area contributed by atoms with Gasteiger partial charge in [-0.25, -0.2) is 0 Å². The third kappa shape index (κ3) is 6.14. The third-order valence-corrected chi connectivity index (χ3v) is 8.16. The van der Waals surface area contributed by atoms with Crippen LogP contribution in [-0.4, -0.2) is 29.9 Å². The van der Waals surface area contributed by atoms with Gasteiger partial charge in [-0.15, -0.1) is 0 Å². The van der Waals surface area contributed by atoms with E-state index in [2.05, 4.69) is 83.5 Å². The first-order chi connectivity index (χ1) is 10.3. The van der Waals surface area contributed by atoms with Crippen molar-refractivity contribution in [2.24, 2.45) is 0 Å². The Morgan fingerprint density at radius 3 is 2.52 bits per heavy atom. The second-order valence-electron chi connectivity index (χ2n) is 4.60. The van der Waals surface area contributed by atoms with E-state index in [4.69, 9.17) is 0 Å². The Balaban J connectivity index is 2.08. The first-order valence-electron chi connectivity index (χ1n) is 7.11. The van der Waals surface area contributed by atoms with Crippen LogP contribution in [0.5, 0.6) is 0 Å². The van der Waals surface area contributed by atoms with Crippen molar-refractivity contribution in [3.63, 3.8) is 0 Å². The second-order valence-corrected chi connectivity index (χ2v) is 11.4. The monoisotopic (exact) mass is 474 g/mol. The van der Waals surface area contributed by atoms with Crippen LogP contribution in [0.15, 0.2) is 58.0 Å². The van der Waals surface area contributed by atoms with Gasteiger partial charge in [-0.1, -0.05) is 0 Å². The van der Waals surface area contributed by atoms with Crippen LogP contribution in [0, 0.1) is 0 Å². The Morgan fingerprint density at radius 1 is 1.05 bits per heavy atom. The zero-order valence-electron chi connectivity index (χ0n) is 12.1. The molecule has 21 heavy (non-hydrogen) atoms. The molecule has 0 amide bonds. The van der Waals surface area contributed by atoms with Gasteiger partial charge in [-0.3, -0.25) is 0 Å². The fourth-order valence-electron chi connectivity index (χ4n) is 1.81. The molecule has 2 aromatic rings. The summed E-state index contributed by atoms with van der Waals surface area (Å²) < 4.78 is 4.24. The van der Waals surface area contributed by atoms with Gasteiger partial charge in [0.2, 0.25) is 0 Å². The molecule has 0 spiro atoms. The standard InChI is InChI=1S/C18H19BrSe2/c1-2-3-13-20-17-12-8-7-9-15(17)14-18(19)21-16-10-5-4-6-11-16/h4-12,14H,2-3,13H2,1H3/b18-14-. The van der Waals surface area contributed by atoms with Gasteiger partial charge in [0.15, 0.2) is 0 Å².